The Morgan fingerprint density at radius 1 is 0.854 bits per heavy atom. The standard InChI is InChI=1S/C37H42N4O7/c1-18-33(45-4)22-14-21-17-41-26(30(40(21)3)29(22)32(43)36(18)48-7)15-23-28(31(42)35(47-6)19(2)34(23)46-5)27(41)16-38-37(44)25-13-12-20-10-8-9-11-24(20)39-25/h8-13,21,26-27,30,42-43H,14-17H2,1-7H3,(H,38,44)/t21?,26-,27-,30-/m0/s1. The molecular formula is C37H42N4O7. The Balaban J connectivity index is 1.36. The highest BCUT2D eigenvalue weighted by Crippen LogP contribution is 2.57. The number of rotatable bonds is 7. The Labute approximate surface area is 280 Å². The smallest absolute Gasteiger partial charge is 0.269 e. The number of pyridine rings is 1. The topological polar surface area (TPSA) is 126 Å². The van der Waals surface area contributed by atoms with Crippen molar-refractivity contribution in [3.63, 3.8) is 0 Å². The number of carbonyl (C=O) groups is 1. The minimum atomic E-state index is -0.441. The van der Waals surface area contributed by atoms with Gasteiger partial charge in [0, 0.05) is 63.9 Å². The number of amides is 1. The van der Waals surface area contributed by atoms with E-state index in [0.717, 1.165) is 38.9 Å². The van der Waals surface area contributed by atoms with Gasteiger partial charge >= 0.3 is 0 Å². The average Bonchev–Trinajstić information content (AvgIpc) is 3.08. The highest BCUT2D eigenvalue weighted by molar-refractivity contribution is 5.94. The van der Waals surface area contributed by atoms with Gasteiger partial charge < -0.3 is 34.5 Å². The summed E-state index contributed by atoms with van der Waals surface area (Å²) in [7, 11) is 8.46. The van der Waals surface area contributed by atoms with Gasteiger partial charge in [-0.15, -0.1) is 0 Å². The van der Waals surface area contributed by atoms with Crippen molar-refractivity contribution in [2.24, 2.45) is 0 Å². The first-order valence-electron chi connectivity index (χ1n) is 16.2. The van der Waals surface area contributed by atoms with Crippen LogP contribution >= 0.6 is 0 Å². The number of phenolic OH excluding ortho intramolecular Hbond substituents is 2. The molecule has 48 heavy (non-hydrogen) atoms. The molecule has 3 aliphatic heterocycles. The van der Waals surface area contributed by atoms with Crippen LogP contribution in [0.5, 0.6) is 34.5 Å². The number of nitrogens with zero attached hydrogens (tertiary/aromatic N) is 3. The molecule has 2 bridgehead atoms. The third-order valence-electron chi connectivity index (χ3n) is 10.7. The number of carbonyl (C=O) groups excluding carboxylic acids is 1. The lowest BCUT2D eigenvalue weighted by Crippen LogP contribution is -2.64. The lowest BCUT2D eigenvalue weighted by Gasteiger charge is -2.58. The SMILES string of the molecule is COc1c(C)c(OC)c2c(c1O)[C@@H]1[C@@H]3Cc4c(OC)c(C)c(OC)c(O)c4[C@H](CNC(=O)c4ccc5ccccc5n4)N3CC(C2)N1C. The first-order valence-corrected chi connectivity index (χ1v) is 16.2. The van der Waals surface area contributed by atoms with Crippen LogP contribution in [0.1, 0.15) is 56.0 Å². The maximum absolute atomic E-state index is 13.6. The lowest BCUT2D eigenvalue weighted by molar-refractivity contribution is -0.0482. The van der Waals surface area contributed by atoms with Gasteiger partial charge in [-0.1, -0.05) is 24.3 Å². The normalized spacial score (nSPS) is 21.6. The Morgan fingerprint density at radius 2 is 1.46 bits per heavy atom. The number of hydrogen-bond donors (Lipinski definition) is 3. The van der Waals surface area contributed by atoms with Gasteiger partial charge in [-0.25, -0.2) is 4.98 Å². The van der Waals surface area contributed by atoms with Crippen LogP contribution < -0.4 is 24.3 Å². The van der Waals surface area contributed by atoms with Crippen LogP contribution in [0.15, 0.2) is 36.4 Å². The lowest BCUT2D eigenvalue weighted by atomic mass is 9.73. The van der Waals surface area contributed by atoms with Crippen molar-refractivity contribution in [1.82, 2.24) is 20.1 Å². The number of nitrogens with one attached hydrogen (secondary N) is 1. The highest BCUT2D eigenvalue weighted by atomic mass is 16.5. The largest absolute Gasteiger partial charge is 0.504 e. The van der Waals surface area contributed by atoms with Crippen molar-refractivity contribution < 1.29 is 34.0 Å². The molecule has 252 valence electrons. The molecule has 3 N–H and O–H groups in total. The number of aromatic nitrogens is 1. The van der Waals surface area contributed by atoms with Crippen molar-refractivity contribution in [3.8, 4) is 34.5 Å². The number of piperazine rings is 1. The Morgan fingerprint density at radius 3 is 2.10 bits per heavy atom. The number of para-hydroxylation sites is 1. The summed E-state index contributed by atoms with van der Waals surface area (Å²) in [6.45, 7) is 4.62. The number of likely N-dealkylation sites (N-methyl/N-ethyl adjacent to an activating group) is 1. The summed E-state index contributed by atoms with van der Waals surface area (Å²) in [5.41, 5.74) is 5.80. The fourth-order valence-electron chi connectivity index (χ4n) is 8.61. The zero-order chi connectivity index (χ0) is 34.0. The first kappa shape index (κ1) is 31.8. The van der Waals surface area contributed by atoms with Crippen molar-refractivity contribution in [2.45, 2.75) is 50.9 Å². The number of fused-ring (bicyclic) bond motifs is 8. The quantitative estimate of drug-likeness (QED) is 0.260. The summed E-state index contributed by atoms with van der Waals surface area (Å²) in [6.07, 6.45) is 1.17. The second-order valence-electron chi connectivity index (χ2n) is 12.9. The molecule has 4 heterocycles. The molecular weight excluding hydrogens is 612 g/mol. The average molecular weight is 655 g/mol. The second kappa shape index (κ2) is 12.1. The summed E-state index contributed by atoms with van der Waals surface area (Å²) in [4.78, 5) is 22.9. The highest BCUT2D eigenvalue weighted by Gasteiger charge is 2.53. The number of benzene rings is 3. The van der Waals surface area contributed by atoms with Gasteiger partial charge in [0.05, 0.1) is 46.0 Å². The Hall–Kier alpha value is -4.74. The molecule has 11 heteroatoms. The molecule has 1 amide bonds. The van der Waals surface area contributed by atoms with E-state index in [1.807, 2.05) is 44.2 Å². The molecule has 1 fully saturated rings. The van der Waals surface area contributed by atoms with E-state index < -0.39 is 6.04 Å². The molecule has 1 saturated heterocycles. The van der Waals surface area contributed by atoms with Crippen LogP contribution in [0, 0.1) is 13.8 Å². The maximum atomic E-state index is 13.6. The van der Waals surface area contributed by atoms with Gasteiger partial charge in [-0.2, -0.15) is 0 Å². The molecule has 3 aromatic carbocycles. The van der Waals surface area contributed by atoms with Crippen molar-refractivity contribution in [1.29, 1.82) is 0 Å². The number of methoxy groups -OCH3 is 4. The first-order chi connectivity index (χ1) is 23.1. The molecule has 4 aromatic rings. The zero-order valence-electron chi connectivity index (χ0n) is 28.4. The molecule has 7 rings (SSSR count). The predicted octanol–water partition coefficient (Wildman–Crippen LogP) is 4.61. The molecule has 11 nitrogen and oxygen atoms in total. The summed E-state index contributed by atoms with van der Waals surface area (Å²) in [5.74, 6) is 1.95. The van der Waals surface area contributed by atoms with E-state index in [2.05, 4.69) is 27.1 Å². The van der Waals surface area contributed by atoms with Gasteiger partial charge in [0.25, 0.3) is 5.91 Å². The van der Waals surface area contributed by atoms with E-state index in [-0.39, 0.29) is 42.1 Å². The van der Waals surface area contributed by atoms with Crippen molar-refractivity contribution in [2.75, 3.05) is 48.6 Å². The van der Waals surface area contributed by atoms with Gasteiger partial charge in [-0.3, -0.25) is 14.6 Å². The van der Waals surface area contributed by atoms with E-state index >= 15 is 0 Å². The second-order valence-corrected chi connectivity index (χ2v) is 12.9. The zero-order valence-corrected chi connectivity index (χ0v) is 28.4. The van der Waals surface area contributed by atoms with Crippen LogP contribution in [0.2, 0.25) is 0 Å². The Kier molecular flexibility index (Phi) is 7.99. The van der Waals surface area contributed by atoms with E-state index in [0.29, 0.717) is 53.5 Å². The molecule has 0 radical (unpaired) electrons. The van der Waals surface area contributed by atoms with Gasteiger partial charge in [0.15, 0.2) is 23.0 Å². The molecule has 0 spiro atoms. The summed E-state index contributed by atoms with van der Waals surface area (Å²) in [6, 6.07) is 10.5. The number of ether oxygens (including phenoxy) is 4. The summed E-state index contributed by atoms with van der Waals surface area (Å²) in [5, 5.41) is 27.7. The third-order valence-corrected chi connectivity index (χ3v) is 10.7. The van der Waals surface area contributed by atoms with Crippen LogP contribution in [-0.2, 0) is 12.8 Å². The molecule has 1 aromatic heterocycles. The molecule has 4 atom stereocenters. The third kappa shape index (κ3) is 4.62. The van der Waals surface area contributed by atoms with Crippen molar-refractivity contribution >= 4 is 16.8 Å². The van der Waals surface area contributed by atoms with Crippen LogP contribution in [-0.4, -0.2) is 91.6 Å². The van der Waals surface area contributed by atoms with E-state index in [9.17, 15) is 15.0 Å². The van der Waals surface area contributed by atoms with E-state index in [4.69, 9.17) is 18.9 Å². The van der Waals surface area contributed by atoms with Gasteiger partial charge in [0.2, 0.25) is 0 Å². The maximum Gasteiger partial charge on any atom is 0.269 e. The minimum Gasteiger partial charge on any atom is -0.504 e. The number of phenols is 2. The van der Waals surface area contributed by atoms with E-state index in [1.165, 1.54) is 7.11 Å². The molecule has 3 aliphatic rings. The fourth-order valence-corrected chi connectivity index (χ4v) is 8.61. The van der Waals surface area contributed by atoms with E-state index in [1.54, 1.807) is 27.4 Å². The van der Waals surface area contributed by atoms with Gasteiger partial charge in [-0.05, 0) is 45.9 Å². The monoisotopic (exact) mass is 654 g/mol. The summed E-state index contributed by atoms with van der Waals surface area (Å²) >= 11 is 0. The number of hydrogen-bond acceptors (Lipinski definition) is 10. The van der Waals surface area contributed by atoms with Gasteiger partial charge in [0.1, 0.15) is 17.2 Å². The molecule has 0 saturated carbocycles. The Bertz CT molecular complexity index is 1950. The predicted molar refractivity (Wildman–Crippen MR) is 181 cm³/mol. The minimum absolute atomic E-state index is 0.0404. The fraction of sp³-hybridized carbons (Fsp3) is 0.405. The van der Waals surface area contributed by atoms with Crippen LogP contribution in [0.4, 0.5) is 0 Å². The molecule has 0 aliphatic carbocycles. The van der Waals surface area contributed by atoms with Crippen molar-refractivity contribution in [3.05, 3.63) is 75.5 Å². The van der Waals surface area contributed by atoms with Crippen LogP contribution in [0.3, 0.4) is 0 Å². The molecule has 1 unspecified atom stereocenters. The summed E-state index contributed by atoms with van der Waals surface area (Å²) < 4.78 is 23.4. The number of aromatic hydroxyl groups is 2. The van der Waals surface area contributed by atoms with Crippen LogP contribution in [0.25, 0.3) is 10.9 Å².